The summed E-state index contributed by atoms with van der Waals surface area (Å²) < 4.78 is 17.3. The number of Topliss-reactive ketones (excluding diaryl/α,β-unsaturated/α-hetero) is 1. The summed E-state index contributed by atoms with van der Waals surface area (Å²) in [5.74, 6) is 2.14. The molecule has 2 aliphatic rings. The molecule has 5 nitrogen and oxygen atoms in total. The zero-order valence-corrected chi connectivity index (χ0v) is 16.7. The Morgan fingerprint density at radius 3 is 2.83 bits per heavy atom. The lowest BCUT2D eigenvalue weighted by Gasteiger charge is -2.29. The van der Waals surface area contributed by atoms with Crippen molar-refractivity contribution in [2.45, 2.75) is 13.1 Å². The van der Waals surface area contributed by atoms with Crippen LogP contribution in [0.15, 0.2) is 58.9 Å². The van der Waals surface area contributed by atoms with Crippen molar-refractivity contribution in [1.29, 1.82) is 0 Å². The monoisotopic (exact) mass is 427 g/mol. The van der Waals surface area contributed by atoms with Gasteiger partial charge in [-0.1, -0.05) is 29.3 Å². The van der Waals surface area contributed by atoms with E-state index in [0.29, 0.717) is 46.7 Å². The zero-order valence-electron chi connectivity index (χ0n) is 15.2. The fourth-order valence-corrected chi connectivity index (χ4v) is 3.95. The smallest absolute Gasteiger partial charge is 0.231 e. The number of fused-ring (bicyclic) bond motifs is 3. The molecule has 2 aliphatic heterocycles. The number of nitrogens with zero attached hydrogens (tertiary/aromatic N) is 1. The van der Waals surface area contributed by atoms with Crippen LogP contribution in [0.4, 0.5) is 0 Å². The molecule has 0 saturated heterocycles. The van der Waals surface area contributed by atoms with Gasteiger partial charge in [-0.2, -0.15) is 0 Å². The van der Waals surface area contributed by atoms with Gasteiger partial charge in [-0.15, -0.1) is 0 Å². The molecule has 5 rings (SSSR count). The molecule has 0 N–H and O–H groups in total. The number of rotatable bonds is 3. The van der Waals surface area contributed by atoms with Gasteiger partial charge in [-0.05, 0) is 48.0 Å². The van der Waals surface area contributed by atoms with E-state index in [9.17, 15) is 4.79 Å². The van der Waals surface area contributed by atoms with Gasteiger partial charge in [0, 0.05) is 16.6 Å². The average molecular weight is 428 g/mol. The Morgan fingerprint density at radius 1 is 1.14 bits per heavy atom. The third kappa shape index (κ3) is 3.42. The Balaban J connectivity index is 1.46. The molecule has 0 fully saturated rings. The molecule has 2 aromatic carbocycles. The van der Waals surface area contributed by atoms with Gasteiger partial charge in [-0.3, -0.25) is 9.69 Å². The quantitative estimate of drug-likeness (QED) is 0.512. The van der Waals surface area contributed by atoms with Crippen LogP contribution in [0, 0.1) is 0 Å². The van der Waals surface area contributed by atoms with Crippen LogP contribution in [0.5, 0.6) is 11.5 Å². The number of ether oxygens (including phenoxy) is 2. The molecule has 0 spiro atoms. The molecule has 0 amide bonds. The van der Waals surface area contributed by atoms with E-state index in [1.807, 2.05) is 18.2 Å². The van der Waals surface area contributed by atoms with Crippen molar-refractivity contribution in [2.24, 2.45) is 0 Å². The Morgan fingerprint density at radius 2 is 2.03 bits per heavy atom. The second-order valence-corrected chi connectivity index (χ2v) is 7.71. The van der Waals surface area contributed by atoms with Crippen molar-refractivity contribution >= 4 is 35.1 Å². The van der Waals surface area contributed by atoms with Gasteiger partial charge in [0.05, 0.1) is 23.9 Å². The number of halogens is 2. The van der Waals surface area contributed by atoms with Crippen LogP contribution in [0.25, 0.3) is 6.08 Å². The summed E-state index contributed by atoms with van der Waals surface area (Å²) in [5.41, 5.74) is 2.03. The van der Waals surface area contributed by atoms with Gasteiger partial charge in [-0.25, -0.2) is 0 Å². The minimum Gasteiger partial charge on any atom is -0.478 e. The first-order valence-electron chi connectivity index (χ1n) is 9.01. The van der Waals surface area contributed by atoms with Crippen molar-refractivity contribution in [2.75, 3.05) is 6.73 Å². The van der Waals surface area contributed by atoms with Gasteiger partial charge < -0.3 is 13.9 Å². The molecule has 0 unspecified atom stereocenters. The van der Waals surface area contributed by atoms with E-state index >= 15 is 0 Å². The molecule has 1 aromatic heterocycles. The minimum absolute atomic E-state index is 0.183. The molecular formula is C22H15Cl2NO4. The minimum atomic E-state index is -0.183. The molecule has 29 heavy (non-hydrogen) atoms. The lowest BCUT2D eigenvalue weighted by Crippen LogP contribution is -2.31. The van der Waals surface area contributed by atoms with Crippen LogP contribution in [0.1, 0.15) is 27.2 Å². The lowest BCUT2D eigenvalue weighted by atomic mass is 10.0. The topological polar surface area (TPSA) is 51.9 Å². The van der Waals surface area contributed by atoms with E-state index in [4.69, 9.17) is 37.1 Å². The van der Waals surface area contributed by atoms with Crippen LogP contribution in [0.2, 0.25) is 10.0 Å². The summed E-state index contributed by atoms with van der Waals surface area (Å²) in [5, 5.41) is 0.981. The highest BCUT2D eigenvalue weighted by molar-refractivity contribution is 6.35. The summed E-state index contributed by atoms with van der Waals surface area (Å²) in [6, 6.07) is 12.4. The Kier molecular flexibility index (Phi) is 4.59. The lowest BCUT2D eigenvalue weighted by molar-refractivity contribution is 0.0810. The highest BCUT2D eigenvalue weighted by Crippen LogP contribution is 2.42. The van der Waals surface area contributed by atoms with E-state index in [1.54, 1.807) is 36.6 Å². The van der Waals surface area contributed by atoms with Crippen molar-refractivity contribution in [3.8, 4) is 11.5 Å². The largest absolute Gasteiger partial charge is 0.478 e. The van der Waals surface area contributed by atoms with Crippen LogP contribution < -0.4 is 9.47 Å². The fraction of sp³-hybridized carbons (Fsp3) is 0.136. The normalized spacial score (nSPS) is 17.0. The number of benzene rings is 2. The van der Waals surface area contributed by atoms with Crippen LogP contribution in [-0.2, 0) is 13.1 Å². The Bertz CT molecular complexity index is 1140. The van der Waals surface area contributed by atoms with Gasteiger partial charge in [0.2, 0.25) is 5.78 Å². The summed E-state index contributed by atoms with van der Waals surface area (Å²) in [4.78, 5) is 14.9. The number of allylic oxidation sites excluding steroid dienone is 1. The number of carbonyl (C=O) groups excluding carboxylic acids is 1. The van der Waals surface area contributed by atoms with E-state index in [0.717, 1.165) is 17.1 Å². The average Bonchev–Trinajstić information content (AvgIpc) is 3.32. The first kappa shape index (κ1) is 18.3. The first-order chi connectivity index (χ1) is 14.1. The van der Waals surface area contributed by atoms with Gasteiger partial charge in [0.15, 0.2) is 5.76 Å². The summed E-state index contributed by atoms with van der Waals surface area (Å²) >= 11 is 12.2. The fourth-order valence-electron chi connectivity index (χ4n) is 3.49. The van der Waals surface area contributed by atoms with Crippen molar-refractivity contribution in [3.63, 3.8) is 0 Å². The number of hydrogen-bond donors (Lipinski definition) is 0. The molecule has 0 atom stereocenters. The molecule has 146 valence electrons. The maximum atomic E-state index is 12.9. The Hall–Kier alpha value is -2.73. The highest BCUT2D eigenvalue weighted by atomic mass is 35.5. The molecule has 0 radical (unpaired) electrons. The predicted octanol–water partition coefficient (Wildman–Crippen LogP) is 5.55. The van der Waals surface area contributed by atoms with Crippen LogP contribution in [-0.4, -0.2) is 17.4 Å². The SMILES string of the molecule is O=C1/C(=C/c2ccc(Cl)cc2Cl)Oc2c1ccc1c2CN(Cc2ccco2)CO1. The van der Waals surface area contributed by atoms with Crippen molar-refractivity contribution in [1.82, 2.24) is 4.90 Å². The molecule has 0 aliphatic carbocycles. The highest BCUT2D eigenvalue weighted by Gasteiger charge is 2.33. The zero-order chi connectivity index (χ0) is 20.0. The van der Waals surface area contributed by atoms with Crippen LogP contribution >= 0.6 is 23.2 Å². The molecule has 0 saturated carbocycles. The third-order valence-electron chi connectivity index (χ3n) is 4.89. The summed E-state index contributed by atoms with van der Waals surface area (Å²) in [6.07, 6.45) is 3.28. The summed E-state index contributed by atoms with van der Waals surface area (Å²) in [6.45, 7) is 1.62. The van der Waals surface area contributed by atoms with E-state index in [1.165, 1.54) is 0 Å². The van der Waals surface area contributed by atoms with Crippen molar-refractivity contribution < 1.29 is 18.7 Å². The van der Waals surface area contributed by atoms with Gasteiger partial charge >= 0.3 is 0 Å². The molecule has 3 heterocycles. The maximum Gasteiger partial charge on any atom is 0.231 e. The molecular weight excluding hydrogens is 413 g/mol. The maximum absolute atomic E-state index is 12.9. The molecule has 7 heteroatoms. The second kappa shape index (κ2) is 7.26. The predicted molar refractivity (Wildman–Crippen MR) is 109 cm³/mol. The number of carbonyl (C=O) groups is 1. The number of furan rings is 1. The third-order valence-corrected chi connectivity index (χ3v) is 5.45. The van der Waals surface area contributed by atoms with E-state index in [-0.39, 0.29) is 11.5 Å². The first-order valence-corrected chi connectivity index (χ1v) is 9.77. The van der Waals surface area contributed by atoms with Gasteiger partial charge in [0.25, 0.3) is 0 Å². The van der Waals surface area contributed by atoms with E-state index < -0.39 is 0 Å². The molecule has 3 aromatic rings. The number of hydrogen-bond acceptors (Lipinski definition) is 5. The van der Waals surface area contributed by atoms with Crippen LogP contribution in [0.3, 0.4) is 0 Å². The number of ketones is 1. The van der Waals surface area contributed by atoms with Crippen molar-refractivity contribution in [3.05, 3.63) is 87.0 Å². The van der Waals surface area contributed by atoms with Gasteiger partial charge in [0.1, 0.15) is 24.0 Å². The second-order valence-electron chi connectivity index (χ2n) is 6.86. The molecule has 0 bridgehead atoms. The summed E-state index contributed by atoms with van der Waals surface area (Å²) in [7, 11) is 0. The Labute approximate surface area is 177 Å². The standard InChI is InChI=1S/C22H15Cl2NO4/c23-14-4-3-13(18(24)9-14)8-20-21(26)16-5-6-19-17(22(16)29-20)11-25(12-28-19)10-15-2-1-7-27-15/h1-9H,10-12H2/b20-8-. The van der Waals surface area contributed by atoms with E-state index in [2.05, 4.69) is 4.90 Å².